The van der Waals surface area contributed by atoms with Gasteiger partial charge in [0.1, 0.15) is 17.7 Å². The minimum atomic E-state index is -0.559. The molecule has 2 heterocycles. The van der Waals surface area contributed by atoms with Gasteiger partial charge in [0.15, 0.2) is 0 Å². The van der Waals surface area contributed by atoms with E-state index in [0.717, 1.165) is 16.0 Å². The molecule has 0 aliphatic carbocycles. The predicted molar refractivity (Wildman–Crippen MR) is 111 cm³/mol. The van der Waals surface area contributed by atoms with E-state index in [1.807, 2.05) is 56.3 Å². The van der Waals surface area contributed by atoms with Gasteiger partial charge in [-0.3, -0.25) is 9.69 Å². The first-order chi connectivity index (χ1) is 13.8. The Bertz CT molecular complexity index is 854. The Hall–Kier alpha value is -3.66. The number of hydrogen-bond acceptors (Lipinski definition) is 7. The number of nitrogens with one attached hydrogen (secondary N) is 2. The van der Waals surface area contributed by atoms with Crippen LogP contribution in [0.5, 0.6) is 0 Å². The lowest BCUT2D eigenvalue weighted by Gasteiger charge is -2.38. The highest BCUT2D eigenvalue weighted by Crippen LogP contribution is 2.21. The molecular formula is C19H26N8O2. The summed E-state index contributed by atoms with van der Waals surface area (Å²) in [5, 5.41) is 6.36. The Morgan fingerprint density at radius 1 is 1.31 bits per heavy atom. The molecule has 1 aromatic carbocycles. The van der Waals surface area contributed by atoms with Crippen LogP contribution in [-0.4, -0.2) is 33.7 Å². The van der Waals surface area contributed by atoms with E-state index in [-0.39, 0.29) is 24.2 Å². The van der Waals surface area contributed by atoms with E-state index in [1.165, 1.54) is 0 Å². The summed E-state index contributed by atoms with van der Waals surface area (Å²) in [5.74, 6) is 5.42. The standard InChI is InChI=1S/C13H18N6O2.C6H8N2/c1-8(9-5-3-2-4-6-9)16-13(21)19-10(7-11(19)20)12(14)17-18-15;1-5-2-3-8-6(7)4-5/h2-6,8,10,18H,7,15H2,1H3,(H2,14,17)(H,16,21);2-4H,1H3,(H2,7,8). The smallest absolute Gasteiger partial charge is 0.325 e. The molecule has 2 aromatic rings. The van der Waals surface area contributed by atoms with Gasteiger partial charge in [-0.05, 0) is 37.1 Å². The summed E-state index contributed by atoms with van der Waals surface area (Å²) in [6.07, 6.45) is 1.84. The van der Waals surface area contributed by atoms with Crippen LogP contribution >= 0.6 is 0 Å². The topological polar surface area (TPSA) is 165 Å². The van der Waals surface area contributed by atoms with E-state index in [4.69, 9.17) is 17.3 Å². The van der Waals surface area contributed by atoms with Crippen LogP contribution < -0.4 is 28.2 Å². The Morgan fingerprint density at radius 2 is 2.00 bits per heavy atom. The lowest BCUT2D eigenvalue weighted by atomic mass is 10.0. The Kier molecular flexibility index (Phi) is 7.49. The number of pyridine rings is 1. The lowest BCUT2D eigenvalue weighted by Crippen LogP contribution is -2.63. The van der Waals surface area contributed by atoms with Gasteiger partial charge < -0.3 is 16.8 Å². The van der Waals surface area contributed by atoms with Crippen LogP contribution in [-0.2, 0) is 4.79 Å². The number of nitrogen functional groups attached to an aromatic ring is 1. The highest BCUT2D eigenvalue weighted by molar-refractivity contribution is 6.08. The van der Waals surface area contributed by atoms with Crippen LogP contribution in [0.15, 0.2) is 53.8 Å². The first-order valence-corrected chi connectivity index (χ1v) is 8.97. The number of carbonyl (C=O) groups excluding carboxylic acids is 2. The molecule has 1 aliphatic heterocycles. The van der Waals surface area contributed by atoms with Crippen LogP contribution in [0.3, 0.4) is 0 Å². The molecule has 0 bridgehead atoms. The van der Waals surface area contributed by atoms with E-state index < -0.39 is 12.1 Å². The number of urea groups is 1. The van der Waals surface area contributed by atoms with Gasteiger partial charge >= 0.3 is 6.03 Å². The fourth-order valence-electron chi connectivity index (χ4n) is 2.70. The summed E-state index contributed by atoms with van der Waals surface area (Å²) in [7, 11) is 0. The van der Waals surface area contributed by atoms with E-state index in [0.29, 0.717) is 5.82 Å². The Morgan fingerprint density at radius 3 is 2.52 bits per heavy atom. The summed E-state index contributed by atoms with van der Waals surface area (Å²) >= 11 is 0. The third kappa shape index (κ3) is 5.91. The van der Waals surface area contributed by atoms with Gasteiger partial charge in [-0.1, -0.05) is 30.3 Å². The number of hydrazine groups is 1. The van der Waals surface area contributed by atoms with Gasteiger partial charge in [-0.15, -0.1) is 5.10 Å². The lowest BCUT2D eigenvalue weighted by molar-refractivity contribution is -0.137. The van der Waals surface area contributed by atoms with E-state index in [9.17, 15) is 9.59 Å². The largest absolute Gasteiger partial charge is 0.384 e. The number of likely N-dealkylation sites (tertiary alicyclic amines) is 1. The molecule has 0 spiro atoms. The maximum absolute atomic E-state index is 12.2. The second-order valence-electron chi connectivity index (χ2n) is 6.49. The number of anilines is 1. The van der Waals surface area contributed by atoms with E-state index in [2.05, 4.69) is 20.9 Å². The number of hydrazone groups is 1. The minimum Gasteiger partial charge on any atom is -0.384 e. The van der Waals surface area contributed by atoms with Gasteiger partial charge in [-0.2, -0.15) is 0 Å². The number of imide groups is 1. The highest BCUT2D eigenvalue weighted by atomic mass is 16.2. The van der Waals surface area contributed by atoms with E-state index >= 15 is 0 Å². The molecule has 3 amide bonds. The highest BCUT2D eigenvalue weighted by Gasteiger charge is 2.43. The molecule has 154 valence electrons. The van der Waals surface area contributed by atoms with Gasteiger partial charge in [0.2, 0.25) is 5.91 Å². The number of aromatic nitrogens is 1. The van der Waals surface area contributed by atoms with Crippen LogP contribution in [0, 0.1) is 6.92 Å². The van der Waals surface area contributed by atoms with Crippen molar-refractivity contribution >= 4 is 23.6 Å². The van der Waals surface area contributed by atoms with Gasteiger partial charge in [0.05, 0.1) is 12.5 Å². The zero-order chi connectivity index (χ0) is 21.4. The number of amidine groups is 1. The number of hydrogen-bond donors (Lipinski definition) is 5. The number of amides is 3. The first-order valence-electron chi connectivity index (χ1n) is 8.97. The number of nitrogens with two attached hydrogens (primary N) is 3. The summed E-state index contributed by atoms with van der Waals surface area (Å²) in [4.78, 5) is 28.7. The molecule has 29 heavy (non-hydrogen) atoms. The molecule has 1 fully saturated rings. The van der Waals surface area contributed by atoms with Crippen molar-refractivity contribution < 1.29 is 9.59 Å². The van der Waals surface area contributed by atoms with Gasteiger partial charge in [0.25, 0.3) is 0 Å². The molecule has 8 N–H and O–H groups in total. The van der Waals surface area contributed by atoms with Crippen molar-refractivity contribution in [3.05, 3.63) is 59.8 Å². The van der Waals surface area contributed by atoms with E-state index in [1.54, 1.807) is 6.20 Å². The maximum atomic E-state index is 12.2. The molecule has 2 unspecified atom stereocenters. The number of β-lactam (4-membered cyclic amide) rings is 1. The first kappa shape index (κ1) is 21.6. The number of nitrogens with zero attached hydrogens (tertiary/aromatic N) is 3. The second-order valence-corrected chi connectivity index (χ2v) is 6.49. The fraction of sp³-hybridized carbons (Fsp3) is 0.263. The molecular weight excluding hydrogens is 372 g/mol. The van der Waals surface area contributed by atoms with Crippen molar-refractivity contribution in [2.45, 2.75) is 32.4 Å². The molecule has 0 saturated carbocycles. The molecule has 0 radical (unpaired) electrons. The Labute approximate surface area is 169 Å². The monoisotopic (exact) mass is 398 g/mol. The molecule has 10 nitrogen and oxygen atoms in total. The predicted octanol–water partition coefficient (Wildman–Crippen LogP) is 0.766. The number of aryl methyl sites for hydroxylation is 1. The maximum Gasteiger partial charge on any atom is 0.325 e. The summed E-state index contributed by atoms with van der Waals surface area (Å²) in [6, 6.07) is 11.9. The van der Waals surface area contributed by atoms with Crippen molar-refractivity contribution in [1.29, 1.82) is 0 Å². The molecule has 1 saturated heterocycles. The van der Waals surface area contributed by atoms with Crippen molar-refractivity contribution in [2.24, 2.45) is 16.7 Å². The van der Waals surface area contributed by atoms with Crippen LogP contribution in [0.1, 0.15) is 30.5 Å². The van der Waals surface area contributed by atoms with Crippen molar-refractivity contribution in [1.82, 2.24) is 20.7 Å². The van der Waals surface area contributed by atoms with Crippen molar-refractivity contribution in [3.8, 4) is 0 Å². The molecule has 2 atom stereocenters. The summed E-state index contributed by atoms with van der Waals surface area (Å²) in [6.45, 7) is 3.82. The molecule has 3 rings (SSSR count). The number of rotatable bonds is 4. The fourth-order valence-corrected chi connectivity index (χ4v) is 2.70. The molecule has 1 aromatic heterocycles. The summed E-state index contributed by atoms with van der Waals surface area (Å²) in [5.41, 5.74) is 15.1. The summed E-state index contributed by atoms with van der Waals surface area (Å²) < 4.78 is 0. The average Bonchev–Trinajstić information content (AvgIpc) is 2.67. The SMILES string of the molecule is CC(NC(=O)N1C(=O)CC1/C(N)=N/NN)c1ccccc1.Cc1ccnc(N)c1. The molecule has 10 heteroatoms. The van der Waals surface area contributed by atoms with Crippen LogP contribution in [0.4, 0.5) is 10.6 Å². The average molecular weight is 398 g/mol. The number of carbonyl (C=O) groups is 2. The molecule has 1 aliphatic rings. The Balaban J connectivity index is 0.000000313. The number of benzene rings is 1. The zero-order valence-electron chi connectivity index (χ0n) is 16.4. The van der Waals surface area contributed by atoms with Crippen molar-refractivity contribution in [2.75, 3.05) is 5.73 Å². The third-order valence-electron chi connectivity index (χ3n) is 4.28. The van der Waals surface area contributed by atoms with Gasteiger partial charge in [0, 0.05) is 6.20 Å². The second kappa shape index (κ2) is 10.0. The normalized spacial score (nSPS) is 16.8. The van der Waals surface area contributed by atoms with Gasteiger partial charge in [-0.25, -0.2) is 21.2 Å². The minimum absolute atomic E-state index is 0.0969. The van der Waals surface area contributed by atoms with Crippen LogP contribution in [0.2, 0.25) is 0 Å². The van der Waals surface area contributed by atoms with Crippen molar-refractivity contribution in [3.63, 3.8) is 0 Å². The third-order valence-corrected chi connectivity index (χ3v) is 4.28. The van der Waals surface area contributed by atoms with Crippen LogP contribution in [0.25, 0.3) is 0 Å². The zero-order valence-corrected chi connectivity index (χ0v) is 16.4. The quantitative estimate of drug-likeness (QED) is 0.167.